The summed E-state index contributed by atoms with van der Waals surface area (Å²) in [5.74, 6) is 0.0207. The first-order valence-corrected chi connectivity index (χ1v) is 6.86. The highest BCUT2D eigenvalue weighted by Crippen LogP contribution is 2.30. The molecule has 2 heterocycles. The number of ether oxygens (including phenoxy) is 1. The van der Waals surface area contributed by atoms with Crippen LogP contribution in [0.4, 0.5) is 11.5 Å². The summed E-state index contributed by atoms with van der Waals surface area (Å²) in [7, 11) is 0. The Kier molecular flexibility index (Phi) is 4.24. The Bertz CT molecular complexity index is 462. The number of anilines is 2. The van der Waals surface area contributed by atoms with Crippen molar-refractivity contribution < 1.29 is 9.53 Å². The van der Waals surface area contributed by atoms with Gasteiger partial charge in [0.05, 0.1) is 24.1 Å². The van der Waals surface area contributed by atoms with Crippen molar-refractivity contribution in [2.24, 2.45) is 0 Å². The molecule has 5 nitrogen and oxygen atoms in total. The third-order valence-corrected chi connectivity index (χ3v) is 3.56. The third kappa shape index (κ3) is 2.80. The number of carbonyl (C=O) groups excluding carboxylic acids is 1. The van der Waals surface area contributed by atoms with Gasteiger partial charge in [-0.1, -0.05) is 6.92 Å². The van der Waals surface area contributed by atoms with E-state index in [1.807, 2.05) is 0 Å². The molecule has 1 atom stereocenters. The second kappa shape index (κ2) is 5.91. The molecular formula is C14H21N3O2. The molecule has 1 saturated heterocycles. The summed E-state index contributed by atoms with van der Waals surface area (Å²) in [6, 6.07) is 2.08. The fraction of sp³-hybridized carbons (Fsp3) is 0.571. The number of carbonyl (C=O) groups is 1. The Hall–Kier alpha value is -1.78. The van der Waals surface area contributed by atoms with E-state index < -0.39 is 0 Å². The summed E-state index contributed by atoms with van der Waals surface area (Å²) < 4.78 is 5.10. The van der Waals surface area contributed by atoms with E-state index in [2.05, 4.69) is 16.8 Å². The lowest BCUT2D eigenvalue weighted by Crippen LogP contribution is -2.30. The monoisotopic (exact) mass is 263 g/mol. The van der Waals surface area contributed by atoms with Gasteiger partial charge in [0.15, 0.2) is 0 Å². The predicted octanol–water partition coefficient (Wildman–Crippen LogP) is 2.22. The van der Waals surface area contributed by atoms with Crippen molar-refractivity contribution in [2.75, 3.05) is 23.8 Å². The van der Waals surface area contributed by atoms with E-state index in [0.29, 0.717) is 24.0 Å². The molecule has 0 saturated carbocycles. The third-order valence-electron chi connectivity index (χ3n) is 3.56. The topological polar surface area (TPSA) is 68.5 Å². The van der Waals surface area contributed by atoms with E-state index in [0.717, 1.165) is 31.5 Å². The highest BCUT2D eigenvalue weighted by Gasteiger charge is 2.27. The Morgan fingerprint density at radius 1 is 1.58 bits per heavy atom. The zero-order valence-corrected chi connectivity index (χ0v) is 11.6. The summed E-state index contributed by atoms with van der Waals surface area (Å²) >= 11 is 0. The van der Waals surface area contributed by atoms with Crippen LogP contribution in [0, 0.1) is 0 Å². The highest BCUT2D eigenvalue weighted by molar-refractivity contribution is 5.96. The summed E-state index contributed by atoms with van der Waals surface area (Å²) in [5, 5.41) is 0. The van der Waals surface area contributed by atoms with Crippen molar-refractivity contribution in [3.8, 4) is 0 Å². The molecule has 1 fully saturated rings. The Labute approximate surface area is 113 Å². The van der Waals surface area contributed by atoms with E-state index in [4.69, 9.17) is 10.5 Å². The van der Waals surface area contributed by atoms with Crippen LogP contribution >= 0.6 is 0 Å². The maximum atomic E-state index is 12.0. The van der Waals surface area contributed by atoms with Gasteiger partial charge in [-0.05, 0) is 32.3 Å². The number of esters is 1. The van der Waals surface area contributed by atoms with Crippen LogP contribution < -0.4 is 10.6 Å². The van der Waals surface area contributed by atoms with Crippen molar-refractivity contribution in [3.63, 3.8) is 0 Å². The van der Waals surface area contributed by atoms with Crippen LogP contribution in [-0.2, 0) is 4.74 Å². The van der Waals surface area contributed by atoms with Crippen LogP contribution in [0.2, 0.25) is 0 Å². The Morgan fingerprint density at radius 2 is 2.37 bits per heavy atom. The molecule has 1 aliphatic rings. The molecule has 1 aromatic heterocycles. The number of hydrogen-bond donors (Lipinski definition) is 1. The highest BCUT2D eigenvalue weighted by atomic mass is 16.5. The summed E-state index contributed by atoms with van der Waals surface area (Å²) in [6.45, 7) is 5.28. The van der Waals surface area contributed by atoms with Crippen molar-refractivity contribution in [2.45, 2.75) is 39.2 Å². The van der Waals surface area contributed by atoms with Gasteiger partial charge < -0.3 is 15.4 Å². The lowest BCUT2D eigenvalue weighted by atomic mass is 10.1. The molecule has 2 rings (SSSR count). The van der Waals surface area contributed by atoms with E-state index in [9.17, 15) is 4.79 Å². The smallest absolute Gasteiger partial charge is 0.340 e. The molecule has 19 heavy (non-hydrogen) atoms. The normalized spacial score (nSPS) is 18.6. The molecular weight excluding hydrogens is 242 g/mol. The molecule has 104 valence electrons. The van der Waals surface area contributed by atoms with Crippen LogP contribution in [0.25, 0.3) is 0 Å². The molecule has 0 aliphatic carbocycles. The van der Waals surface area contributed by atoms with Gasteiger partial charge in [0, 0.05) is 12.6 Å². The summed E-state index contributed by atoms with van der Waals surface area (Å²) in [4.78, 5) is 18.4. The first-order chi connectivity index (χ1) is 9.17. The second-order valence-corrected chi connectivity index (χ2v) is 4.74. The molecule has 1 aliphatic heterocycles. The molecule has 0 radical (unpaired) electrons. The number of pyridine rings is 1. The van der Waals surface area contributed by atoms with Crippen molar-refractivity contribution >= 4 is 17.5 Å². The molecule has 5 heteroatoms. The average Bonchev–Trinajstić information content (AvgIpc) is 2.87. The molecule has 0 aromatic carbocycles. The van der Waals surface area contributed by atoms with E-state index >= 15 is 0 Å². The van der Waals surface area contributed by atoms with E-state index in [1.165, 1.54) is 0 Å². The van der Waals surface area contributed by atoms with Gasteiger partial charge in [-0.3, -0.25) is 0 Å². The van der Waals surface area contributed by atoms with Crippen LogP contribution in [0.1, 0.15) is 43.5 Å². The minimum absolute atomic E-state index is 0.326. The molecule has 1 aromatic rings. The average molecular weight is 263 g/mol. The second-order valence-electron chi connectivity index (χ2n) is 4.74. The predicted molar refractivity (Wildman–Crippen MR) is 75.3 cm³/mol. The number of nitrogens with two attached hydrogens (primary N) is 1. The molecule has 0 bridgehead atoms. The zero-order valence-electron chi connectivity index (χ0n) is 11.6. The van der Waals surface area contributed by atoms with Gasteiger partial charge in [0.25, 0.3) is 0 Å². The van der Waals surface area contributed by atoms with Gasteiger partial charge in [-0.2, -0.15) is 0 Å². The largest absolute Gasteiger partial charge is 0.462 e. The minimum atomic E-state index is -0.326. The zero-order chi connectivity index (χ0) is 13.8. The molecule has 0 amide bonds. The van der Waals surface area contributed by atoms with Crippen LogP contribution in [0.3, 0.4) is 0 Å². The number of hydrogen-bond acceptors (Lipinski definition) is 5. The number of nitrogen functional groups attached to an aromatic ring is 1. The Balaban J connectivity index is 2.36. The standard InChI is InChI=1S/C14H21N3O2/c1-3-10-6-5-7-17(10)12-9-16-13(15)8-11(12)14(18)19-4-2/h8-10H,3-7H2,1-2H3,(H2,15,16). The summed E-state index contributed by atoms with van der Waals surface area (Å²) in [5.41, 5.74) is 7.06. The summed E-state index contributed by atoms with van der Waals surface area (Å²) in [6.07, 6.45) is 5.05. The van der Waals surface area contributed by atoms with Gasteiger partial charge in [-0.25, -0.2) is 9.78 Å². The molecule has 1 unspecified atom stereocenters. The molecule has 2 N–H and O–H groups in total. The maximum Gasteiger partial charge on any atom is 0.340 e. The lowest BCUT2D eigenvalue weighted by Gasteiger charge is -2.27. The first kappa shape index (κ1) is 13.6. The molecule has 0 spiro atoms. The van der Waals surface area contributed by atoms with Gasteiger partial charge in [0.1, 0.15) is 5.82 Å². The van der Waals surface area contributed by atoms with E-state index in [-0.39, 0.29) is 5.97 Å². The maximum absolute atomic E-state index is 12.0. The number of aromatic nitrogens is 1. The van der Waals surface area contributed by atoms with Crippen molar-refractivity contribution in [3.05, 3.63) is 17.8 Å². The van der Waals surface area contributed by atoms with Crippen LogP contribution in [0.15, 0.2) is 12.3 Å². The fourth-order valence-electron chi connectivity index (χ4n) is 2.64. The SMILES string of the molecule is CCOC(=O)c1cc(N)ncc1N1CCCC1CC. The van der Waals surface area contributed by atoms with Crippen LogP contribution in [-0.4, -0.2) is 30.1 Å². The Morgan fingerprint density at radius 3 is 3.05 bits per heavy atom. The lowest BCUT2D eigenvalue weighted by molar-refractivity contribution is 0.0527. The van der Waals surface area contributed by atoms with Crippen molar-refractivity contribution in [1.29, 1.82) is 0 Å². The van der Waals surface area contributed by atoms with E-state index in [1.54, 1.807) is 19.2 Å². The van der Waals surface area contributed by atoms with Gasteiger partial charge in [-0.15, -0.1) is 0 Å². The fourth-order valence-corrected chi connectivity index (χ4v) is 2.64. The van der Waals surface area contributed by atoms with Gasteiger partial charge >= 0.3 is 5.97 Å². The quantitative estimate of drug-likeness (QED) is 0.844. The van der Waals surface area contributed by atoms with Gasteiger partial charge in [0.2, 0.25) is 0 Å². The first-order valence-electron chi connectivity index (χ1n) is 6.86. The number of nitrogens with zero attached hydrogens (tertiary/aromatic N) is 2. The minimum Gasteiger partial charge on any atom is -0.462 e. The van der Waals surface area contributed by atoms with Crippen molar-refractivity contribution in [1.82, 2.24) is 4.98 Å². The number of rotatable bonds is 4. The van der Waals surface area contributed by atoms with Crippen LogP contribution in [0.5, 0.6) is 0 Å².